The summed E-state index contributed by atoms with van der Waals surface area (Å²) in [5.74, 6) is 1.95. The van der Waals surface area contributed by atoms with Crippen molar-refractivity contribution in [3.63, 3.8) is 0 Å². The van der Waals surface area contributed by atoms with Gasteiger partial charge >= 0.3 is 0 Å². The Hall–Kier alpha value is -0.980. The lowest BCUT2D eigenvalue weighted by atomic mass is 10.1. The van der Waals surface area contributed by atoms with Gasteiger partial charge in [0.15, 0.2) is 5.96 Å². The van der Waals surface area contributed by atoms with Crippen molar-refractivity contribution in [3.8, 4) is 5.75 Å². The van der Waals surface area contributed by atoms with Gasteiger partial charge in [0.05, 0.1) is 18.7 Å². The predicted octanol–water partition coefficient (Wildman–Crippen LogP) is 4.15. The Bertz CT molecular complexity index is 570. The summed E-state index contributed by atoms with van der Waals surface area (Å²) in [6, 6.07) is 6.45. The summed E-state index contributed by atoms with van der Waals surface area (Å²) < 4.78 is 6.03. The lowest BCUT2D eigenvalue weighted by molar-refractivity contribution is 0.301. The van der Waals surface area contributed by atoms with Crippen molar-refractivity contribution in [2.75, 3.05) is 13.2 Å². The molecule has 0 saturated heterocycles. The first-order valence-corrected chi connectivity index (χ1v) is 9.00. The highest BCUT2D eigenvalue weighted by atomic mass is 127. The summed E-state index contributed by atoms with van der Waals surface area (Å²) in [6.45, 7) is 6.83. The lowest BCUT2D eigenvalue weighted by Crippen LogP contribution is -2.39. The van der Waals surface area contributed by atoms with Crippen molar-refractivity contribution in [1.29, 1.82) is 0 Å². The van der Waals surface area contributed by atoms with Crippen LogP contribution in [0.1, 0.15) is 56.6 Å². The Morgan fingerprint density at radius 1 is 1.25 bits per heavy atom. The fraction of sp³-hybridized carbons (Fsp3) is 0.632. The van der Waals surface area contributed by atoms with E-state index in [1.807, 2.05) is 0 Å². The number of aliphatic imine (C=N–C) groups is 1. The molecule has 2 aliphatic rings. The third kappa shape index (κ3) is 5.26. The first-order chi connectivity index (χ1) is 11.2. The molecule has 1 saturated carbocycles. The predicted molar refractivity (Wildman–Crippen MR) is 110 cm³/mol. The van der Waals surface area contributed by atoms with E-state index in [4.69, 9.17) is 4.74 Å². The monoisotopic (exact) mass is 443 g/mol. The van der Waals surface area contributed by atoms with E-state index >= 15 is 0 Å². The third-order valence-corrected chi connectivity index (χ3v) is 4.70. The van der Waals surface area contributed by atoms with Crippen LogP contribution in [0, 0.1) is 6.92 Å². The molecule has 4 nitrogen and oxygen atoms in total. The number of hydrogen-bond donors (Lipinski definition) is 2. The number of nitrogens with one attached hydrogen (secondary N) is 2. The molecule has 1 aliphatic heterocycles. The number of benzene rings is 1. The van der Waals surface area contributed by atoms with Crippen molar-refractivity contribution in [3.05, 3.63) is 29.3 Å². The highest BCUT2D eigenvalue weighted by molar-refractivity contribution is 14.0. The third-order valence-electron chi connectivity index (χ3n) is 4.70. The summed E-state index contributed by atoms with van der Waals surface area (Å²) in [7, 11) is 0. The Morgan fingerprint density at radius 3 is 2.79 bits per heavy atom. The van der Waals surface area contributed by atoms with Gasteiger partial charge in [-0.3, -0.25) is 4.99 Å². The topological polar surface area (TPSA) is 45.6 Å². The minimum absolute atomic E-state index is 0. The van der Waals surface area contributed by atoms with Crippen LogP contribution >= 0.6 is 24.0 Å². The van der Waals surface area contributed by atoms with E-state index in [-0.39, 0.29) is 24.0 Å². The molecule has 0 amide bonds. The molecule has 5 heteroatoms. The van der Waals surface area contributed by atoms with Crippen LogP contribution in [0.25, 0.3) is 0 Å². The van der Waals surface area contributed by atoms with Crippen LogP contribution in [-0.2, 0) is 6.54 Å². The molecule has 1 fully saturated rings. The van der Waals surface area contributed by atoms with Gasteiger partial charge in [0.25, 0.3) is 0 Å². The first kappa shape index (κ1) is 19.3. The molecule has 1 aromatic carbocycles. The van der Waals surface area contributed by atoms with Crippen molar-refractivity contribution in [1.82, 2.24) is 10.6 Å². The van der Waals surface area contributed by atoms with E-state index < -0.39 is 0 Å². The van der Waals surface area contributed by atoms with Gasteiger partial charge in [0, 0.05) is 12.1 Å². The summed E-state index contributed by atoms with van der Waals surface area (Å²) in [5, 5.41) is 6.93. The van der Waals surface area contributed by atoms with E-state index in [1.165, 1.54) is 43.2 Å². The number of halogens is 1. The molecule has 0 bridgehead atoms. The second-order valence-corrected chi connectivity index (χ2v) is 6.94. The SMILES string of the molecule is CCCCCCOc1cc(C)ccc1CNC1=NCC2(CC2)N1.I. The number of hydrogen-bond acceptors (Lipinski definition) is 4. The lowest BCUT2D eigenvalue weighted by Gasteiger charge is -2.15. The van der Waals surface area contributed by atoms with Crippen LogP contribution < -0.4 is 15.4 Å². The standard InChI is InChI=1S/C19H29N3O.HI/c1-3-4-5-6-11-23-17-12-15(2)7-8-16(17)13-20-18-21-14-19(22-18)9-10-19;/h7-8,12H,3-6,9-11,13-14H2,1-2H3,(H2,20,21,22);1H. The molecular weight excluding hydrogens is 413 g/mol. The maximum absolute atomic E-state index is 6.03. The number of nitrogens with zero attached hydrogens (tertiary/aromatic N) is 1. The van der Waals surface area contributed by atoms with Gasteiger partial charge in [-0.05, 0) is 37.8 Å². The van der Waals surface area contributed by atoms with Gasteiger partial charge in [-0.25, -0.2) is 0 Å². The zero-order valence-electron chi connectivity index (χ0n) is 14.9. The van der Waals surface area contributed by atoms with Crippen LogP contribution in [0.5, 0.6) is 5.75 Å². The first-order valence-electron chi connectivity index (χ1n) is 9.00. The second-order valence-electron chi connectivity index (χ2n) is 6.94. The highest BCUT2D eigenvalue weighted by Gasteiger charge is 2.46. The molecule has 3 rings (SSSR count). The molecule has 2 N–H and O–H groups in total. The highest BCUT2D eigenvalue weighted by Crippen LogP contribution is 2.37. The summed E-state index contributed by atoms with van der Waals surface area (Å²) in [4.78, 5) is 4.56. The van der Waals surface area contributed by atoms with Crippen LogP contribution in [0.4, 0.5) is 0 Å². The molecule has 0 radical (unpaired) electrons. The molecule has 1 spiro atoms. The molecule has 1 heterocycles. The molecule has 1 aliphatic carbocycles. The summed E-state index contributed by atoms with van der Waals surface area (Å²) >= 11 is 0. The zero-order valence-corrected chi connectivity index (χ0v) is 17.2. The van der Waals surface area contributed by atoms with E-state index in [0.717, 1.165) is 37.8 Å². The number of rotatable bonds is 8. The smallest absolute Gasteiger partial charge is 0.192 e. The van der Waals surface area contributed by atoms with Gasteiger partial charge in [-0.15, -0.1) is 24.0 Å². The Labute approximate surface area is 162 Å². The second kappa shape index (κ2) is 8.92. The minimum atomic E-state index is 0. The van der Waals surface area contributed by atoms with Crippen molar-refractivity contribution >= 4 is 29.9 Å². The molecular formula is C19H30IN3O. The fourth-order valence-corrected chi connectivity index (χ4v) is 2.93. The maximum atomic E-state index is 6.03. The van der Waals surface area contributed by atoms with Crippen molar-refractivity contribution < 1.29 is 4.74 Å². The number of unbranched alkanes of at least 4 members (excludes halogenated alkanes) is 3. The summed E-state index contributed by atoms with van der Waals surface area (Å²) in [6.07, 6.45) is 7.43. The number of aryl methyl sites for hydroxylation is 1. The zero-order chi connectivity index (χ0) is 16.1. The van der Waals surface area contributed by atoms with E-state index in [2.05, 4.69) is 47.7 Å². The Kier molecular flexibility index (Phi) is 7.19. The largest absolute Gasteiger partial charge is 0.493 e. The van der Waals surface area contributed by atoms with E-state index in [0.29, 0.717) is 5.54 Å². The Balaban J connectivity index is 0.00000208. The number of guanidine groups is 1. The quantitative estimate of drug-likeness (QED) is 0.469. The molecule has 0 aromatic heterocycles. The minimum Gasteiger partial charge on any atom is -0.493 e. The average molecular weight is 443 g/mol. The van der Waals surface area contributed by atoms with E-state index in [9.17, 15) is 0 Å². The van der Waals surface area contributed by atoms with Crippen molar-refractivity contribution in [2.24, 2.45) is 4.99 Å². The fourth-order valence-electron chi connectivity index (χ4n) is 2.93. The molecule has 134 valence electrons. The van der Waals surface area contributed by atoms with Crippen LogP contribution in [0.2, 0.25) is 0 Å². The molecule has 24 heavy (non-hydrogen) atoms. The van der Waals surface area contributed by atoms with Crippen LogP contribution in [0.15, 0.2) is 23.2 Å². The number of ether oxygens (including phenoxy) is 1. The van der Waals surface area contributed by atoms with Gasteiger partial charge in [-0.1, -0.05) is 38.3 Å². The van der Waals surface area contributed by atoms with Gasteiger partial charge in [-0.2, -0.15) is 0 Å². The van der Waals surface area contributed by atoms with Gasteiger partial charge in [0.1, 0.15) is 5.75 Å². The summed E-state index contributed by atoms with van der Waals surface area (Å²) in [5.41, 5.74) is 2.74. The van der Waals surface area contributed by atoms with Crippen LogP contribution in [-0.4, -0.2) is 24.7 Å². The molecule has 0 unspecified atom stereocenters. The normalized spacial score (nSPS) is 17.0. The van der Waals surface area contributed by atoms with Crippen molar-refractivity contribution in [2.45, 2.75) is 64.5 Å². The average Bonchev–Trinajstić information content (AvgIpc) is 3.18. The molecule has 1 aromatic rings. The van der Waals surface area contributed by atoms with Crippen LogP contribution in [0.3, 0.4) is 0 Å². The van der Waals surface area contributed by atoms with Gasteiger partial charge in [0.2, 0.25) is 0 Å². The van der Waals surface area contributed by atoms with Gasteiger partial charge < -0.3 is 15.4 Å². The molecule has 0 atom stereocenters. The Morgan fingerprint density at radius 2 is 2.08 bits per heavy atom. The maximum Gasteiger partial charge on any atom is 0.192 e. The van der Waals surface area contributed by atoms with E-state index in [1.54, 1.807) is 0 Å².